The van der Waals surface area contributed by atoms with E-state index >= 15 is 0 Å². The van der Waals surface area contributed by atoms with E-state index in [4.69, 9.17) is 0 Å². The van der Waals surface area contributed by atoms with Crippen LogP contribution in [0.25, 0.3) is 0 Å². The highest BCUT2D eigenvalue weighted by atomic mass is 32.1. The maximum atomic E-state index is 12.5. The van der Waals surface area contributed by atoms with Crippen molar-refractivity contribution < 1.29 is 9.59 Å². The quantitative estimate of drug-likeness (QED) is 0.918. The van der Waals surface area contributed by atoms with Gasteiger partial charge in [-0.2, -0.15) is 11.3 Å². The van der Waals surface area contributed by atoms with E-state index in [1.54, 1.807) is 11.3 Å². The van der Waals surface area contributed by atoms with Crippen molar-refractivity contribution in [1.82, 2.24) is 14.8 Å². The van der Waals surface area contributed by atoms with Crippen LogP contribution in [0.15, 0.2) is 35.3 Å². The molecule has 5 nitrogen and oxygen atoms in total. The van der Waals surface area contributed by atoms with E-state index in [0.717, 1.165) is 49.9 Å². The fraction of sp³-hybridized carbons (Fsp3) is 0.474. The zero-order valence-corrected chi connectivity index (χ0v) is 15.2. The normalized spacial score (nSPS) is 21.8. The Labute approximate surface area is 151 Å². The number of carbonyl (C=O) groups excluding carboxylic acids is 2. The first-order valence-electron chi connectivity index (χ1n) is 8.82. The second-order valence-corrected chi connectivity index (χ2v) is 8.08. The molecule has 1 aliphatic carbocycles. The van der Waals surface area contributed by atoms with Crippen LogP contribution in [-0.2, 0) is 7.05 Å². The highest BCUT2D eigenvalue weighted by Gasteiger charge is 2.49. The molecule has 2 aromatic heterocycles. The van der Waals surface area contributed by atoms with Crippen molar-refractivity contribution in [2.75, 3.05) is 13.1 Å². The molecule has 1 spiro atoms. The molecular weight excluding hydrogens is 334 g/mol. The molecule has 2 fully saturated rings. The molecule has 1 unspecified atom stereocenters. The fourth-order valence-corrected chi connectivity index (χ4v) is 4.75. The van der Waals surface area contributed by atoms with Crippen LogP contribution >= 0.6 is 11.3 Å². The third kappa shape index (κ3) is 2.99. The number of thiophene rings is 1. The molecule has 4 rings (SSSR count). The minimum Gasteiger partial charge on any atom is -0.356 e. The van der Waals surface area contributed by atoms with Gasteiger partial charge in [-0.3, -0.25) is 9.59 Å². The summed E-state index contributed by atoms with van der Waals surface area (Å²) in [5, 5.41) is 7.08. The second kappa shape index (κ2) is 6.33. The fourth-order valence-electron chi connectivity index (χ4n) is 4.12. The molecule has 0 bridgehead atoms. The van der Waals surface area contributed by atoms with Gasteiger partial charge < -0.3 is 14.8 Å². The first-order chi connectivity index (χ1) is 12.1. The minimum absolute atomic E-state index is 0.0152. The molecule has 132 valence electrons. The minimum atomic E-state index is 0.0152. The van der Waals surface area contributed by atoms with Crippen LogP contribution in [-0.4, -0.2) is 40.4 Å². The SMILES string of the molecule is Cn1ccc(C(=O)NC2CCC23CCN(C(=O)c2ccsc2)CC3)c1. The Hall–Kier alpha value is -2.08. The number of rotatable bonds is 3. The van der Waals surface area contributed by atoms with Gasteiger partial charge in [-0.05, 0) is 48.6 Å². The number of aromatic nitrogens is 1. The van der Waals surface area contributed by atoms with E-state index in [9.17, 15) is 9.59 Å². The van der Waals surface area contributed by atoms with Crippen molar-refractivity contribution in [3.05, 3.63) is 46.4 Å². The average Bonchev–Trinajstić information content (AvgIpc) is 3.30. The van der Waals surface area contributed by atoms with Gasteiger partial charge in [-0.25, -0.2) is 0 Å². The Kier molecular flexibility index (Phi) is 4.15. The highest BCUT2D eigenvalue weighted by molar-refractivity contribution is 7.08. The molecule has 25 heavy (non-hydrogen) atoms. The van der Waals surface area contributed by atoms with Gasteiger partial charge in [-0.15, -0.1) is 0 Å². The Morgan fingerprint density at radius 3 is 2.56 bits per heavy atom. The summed E-state index contributed by atoms with van der Waals surface area (Å²) in [5.41, 5.74) is 1.69. The average molecular weight is 357 g/mol. The zero-order chi connectivity index (χ0) is 17.4. The van der Waals surface area contributed by atoms with E-state index in [1.807, 2.05) is 51.8 Å². The van der Waals surface area contributed by atoms with Crippen molar-refractivity contribution in [3.63, 3.8) is 0 Å². The number of piperidine rings is 1. The van der Waals surface area contributed by atoms with Gasteiger partial charge >= 0.3 is 0 Å². The van der Waals surface area contributed by atoms with Crippen LogP contribution in [0.2, 0.25) is 0 Å². The van der Waals surface area contributed by atoms with Crippen LogP contribution in [0.3, 0.4) is 0 Å². The molecule has 0 radical (unpaired) electrons. The van der Waals surface area contributed by atoms with Gasteiger partial charge in [0.2, 0.25) is 0 Å². The van der Waals surface area contributed by atoms with Gasteiger partial charge in [0.15, 0.2) is 0 Å². The summed E-state index contributed by atoms with van der Waals surface area (Å²) in [4.78, 5) is 26.9. The topological polar surface area (TPSA) is 54.3 Å². The summed E-state index contributed by atoms with van der Waals surface area (Å²) in [6.45, 7) is 1.57. The van der Waals surface area contributed by atoms with Crippen molar-refractivity contribution in [2.45, 2.75) is 31.7 Å². The molecule has 1 saturated heterocycles. The summed E-state index contributed by atoms with van der Waals surface area (Å²) in [6.07, 6.45) is 7.87. The summed E-state index contributed by atoms with van der Waals surface area (Å²) in [6, 6.07) is 3.98. The number of likely N-dealkylation sites (tertiary alicyclic amines) is 1. The first kappa shape index (κ1) is 16.4. The summed E-state index contributed by atoms with van der Waals surface area (Å²) >= 11 is 1.56. The van der Waals surface area contributed by atoms with Crippen LogP contribution in [0.1, 0.15) is 46.4 Å². The third-order valence-electron chi connectivity index (χ3n) is 5.88. The number of hydrogen-bond acceptors (Lipinski definition) is 3. The maximum absolute atomic E-state index is 12.5. The van der Waals surface area contributed by atoms with Crippen molar-refractivity contribution in [3.8, 4) is 0 Å². The maximum Gasteiger partial charge on any atom is 0.254 e. The molecule has 1 saturated carbocycles. The van der Waals surface area contributed by atoms with E-state index in [1.165, 1.54) is 0 Å². The lowest BCUT2D eigenvalue weighted by molar-refractivity contribution is -0.00229. The highest BCUT2D eigenvalue weighted by Crippen LogP contribution is 2.49. The summed E-state index contributed by atoms with van der Waals surface area (Å²) in [7, 11) is 1.92. The predicted molar refractivity (Wildman–Crippen MR) is 97.8 cm³/mol. The van der Waals surface area contributed by atoms with E-state index in [2.05, 4.69) is 5.32 Å². The largest absolute Gasteiger partial charge is 0.356 e. The van der Waals surface area contributed by atoms with Crippen LogP contribution < -0.4 is 5.32 Å². The van der Waals surface area contributed by atoms with Gasteiger partial charge in [0.25, 0.3) is 11.8 Å². The molecule has 2 aromatic rings. The molecule has 6 heteroatoms. The summed E-state index contributed by atoms with van der Waals surface area (Å²) < 4.78 is 1.89. The lowest BCUT2D eigenvalue weighted by Crippen LogP contribution is -2.59. The molecule has 1 N–H and O–H groups in total. The molecule has 1 atom stereocenters. The van der Waals surface area contributed by atoms with Gasteiger partial charge in [0.05, 0.1) is 11.1 Å². The first-order valence-corrected chi connectivity index (χ1v) is 9.76. The zero-order valence-electron chi connectivity index (χ0n) is 14.4. The summed E-state index contributed by atoms with van der Waals surface area (Å²) in [5.74, 6) is 0.154. The number of hydrogen-bond donors (Lipinski definition) is 1. The van der Waals surface area contributed by atoms with E-state index < -0.39 is 0 Å². The molecular formula is C19H23N3O2S. The number of carbonyl (C=O) groups is 2. The molecule has 0 aromatic carbocycles. The monoisotopic (exact) mass is 357 g/mol. The molecule has 2 aliphatic rings. The van der Waals surface area contributed by atoms with Crippen molar-refractivity contribution >= 4 is 23.2 Å². The smallest absolute Gasteiger partial charge is 0.254 e. The Morgan fingerprint density at radius 1 is 1.20 bits per heavy atom. The number of nitrogens with zero attached hydrogens (tertiary/aromatic N) is 2. The Balaban J connectivity index is 1.36. The molecule has 2 amide bonds. The Bertz CT molecular complexity index is 772. The van der Waals surface area contributed by atoms with Crippen LogP contribution in [0.4, 0.5) is 0 Å². The lowest BCUT2D eigenvalue weighted by Gasteiger charge is -2.54. The Morgan fingerprint density at radius 2 is 2.00 bits per heavy atom. The van der Waals surface area contributed by atoms with Crippen molar-refractivity contribution in [1.29, 1.82) is 0 Å². The van der Waals surface area contributed by atoms with Gasteiger partial charge in [-0.1, -0.05) is 0 Å². The van der Waals surface area contributed by atoms with Gasteiger partial charge in [0, 0.05) is 44.0 Å². The standard InChI is InChI=1S/C19H23N3O2S/c1-21-8-3-14(12-21)17(23)20-16-2-5-19(16)6-9-22(10-7-19)18(24)15-4-11-25-13-15/h3-4,8,11-13,16H,2,5-7,9-10H2,1H3,(H,20,23). The lowest BCUT2D eigenvalue weighted by atomic mass is 9.59. The van der Waals surface area contributed by atoms with E-state index in [0.29, 0.717) is 0 Å². The van der Waals surface area contributed by atoms with Crippen LogP contribution in [0.5, 0.6) is 0 Å². The van der Waals surface area contributed by atoms with Crippen molar-refractivity contribution in [2.24, 2.45) is 12.5 Å². The van der Waals surface area contributed by atoms with Gasteiger partial charge in [0.1, 0.15) is 0 Å². The number of nitrogens with one attached hydrogen (secondary N) is 1. The second-order valence-electron chi connectivity index (χ2n) is 7.30. The molecule has 3 heterocycles. The number of amides is 2. The van der Waals surface area contributed by atoms with Crippen LogP contribution in [0, 0.1) is 5.41 Å². The molecule has 1 aliphatic heterocycles. The third-order valence-corrected chi connectivity index (χ3v) is 6.57. The predicted octanol–water partition coefficient (Wildman–Crippen LogP) is 2.90. The number of aryl methyl sites for hydroxylation is 1. The van der Waals surface area contributed by atoms with E-state index in [-0.39, 0.29) is 23.3 Å².